The maximum Gasteiger partial charge on any atom is 0.322 e. The van der Waals surface area contributed by atoms with E-state index in [4.69, 9.17) is 38.3 Å². The lowest BCUT2D eigenvalue weighted by molar-refractivity contribution is -0.320. The van der Waals surface area contributed by atoms with Crippen LogP contribution in [0.1, 0.15) is 118 Å². The summed E-state index contributed by atoms with van der Waals surface area (Å²) < 4.78 is 45.3. The minimum absolute atomic E-state index is 0.00492. The molecular formula is C50H77N3O16. The molecule has 0 bridgehead atoms. The van der Waals surface area contributed by atoms with E-state index < -0.39 is 109 Å². The normalized spacial score (nSPS) is 39.3. The van der Waals surface area contributed by atoms with Crippen LogP contribution in [0.2, 0.25) is 0 Å². The minimum Gasteiger partial charge on any atom is -0.480 e. The third-order valence-electron chi connectivity index (χ3n) is 15.3. The van der Waals surface area contributed by atoms with Gasteiger partial charge in [-0.25, -0.2) is 0 Å². The van der Waals surface area contributed by atoms with Gasteiger partial charge in [0.25, 0.3) is 5.91 Å². The summed E-state index contributed by atoms with van der Waals surface area (Å²) in [7, 11) is 0. The summed E-state index contributed by atoms with van der Waals surface area (Å²) in [5, 5.41) is 61.1. The third kappa shape index (κ3) is 12.8. The van der Waals surface area contributed by atoms with Crippen molar-refractivity contribution >= 4 is 23.7 Å². The highest BCUT2D eigenvalue weighted by Crippen LogP contribution is 2.47. The molecule has 0 radical (unpaired) electrons. The van der Waals surface area contributed by atoms with Crippen LogP contribution in [0.25, 0.3) is 0 Å². The largest absolute Gasteiger partial charge is 0.480 e. The van der Waals surface area contributed by atoms with Gasteiger partial charge >= 0.3 is 5.97 Å². The fourth-order valence-electron chi connectivity index (χ4n) is 11.4. The fourth-order valence-corrected chi connectivity index (χ4v) is 11.4. The predicted molar refractivity (Wildman–Crippen MR) is 247 cm³/mol. The van der Waals surface area contributed by atoms with Crippen molar-refractivity contribution < 1.29 is 77.9 Å². The number of amides is 3. The van der Waals surface area contributed by atoms with Gasteiger partial charge in [-0.1, -0.05) is 45.1 Å². The van der Waals surface area contributed by atoms with Crippen molar-refractivity contribution in [2.24, 2.45) is 23.7 Å². The summed E-state index contributed by atoms with van der Waals surface area (Å²) in [6.07, 6.45) is 8.01. The molecule has 0 aliphatic carbocycles. The quantitative estimate of drug-likeness (QED) is 0.103. The van der Waals surface area contributed by atoms with Crippen LogP contribution in [0.4, 0.5) is 0 Å². The predicted octanol–water partition coefficient (Wildman–Crippen LogP) is 2.42. The molecule has 0 unspecified atom stereocenters. The van der Waals surface area contributed by atoms with Crippen LogP contribution in [-0.4, -0.2) is 160 Å². The first-order valence-electron chi connectivity index (χ1n) is 25.1. The van der Waals surface area contributed by atoms with E-state index in [1.165, 1.54) is 6.92 Å². The van der Waals surface area contributed by atoms with Gasteiger partial charge in [0.2, 0.25) is 17.6 Å². The molecule has 8 N–H and O–H groups in total. The number of fused-ring (bicyclic) bond motifs is 1. The lowest BCUT2D eigenvalue weighted by atomic mass is 9.79. The van der Waals surface area contributed by atoms with Crippen molar-refractivity contribution in [3.8, 4) is 0 Å². The third-order valence-corrected chi connectivity index (χ3v) is 15.3. The van der Waals surface area contributed by atoms with Crippen LogP contribution < -0.4 is 16.0 Å². The number of carbonyl (C=O) groups excluding carboxylic acids is 3. The van der Waals surface area contributed by atoms with E-state index in [0.29, 0.717) is 63.2 Å². The number of hydrogen-bond donors (Lipinski definition) is 8. The van der Waals surface area contributed by atoms with Crippen molar-refractivity contribution in [2.75, 3.05) is 32.8 Å². The summed E-state index contributed by atoms with van der Waals surface area (Å²) in [5.41, 5.74) is -0.635. The average Bonchev–Trinajstić information content (AvgIpc) is 3.70. The van der Waals surface area contributed by atoms with Crippen LogP contribution in [0.5, 0.6) is 0 Å². The minimum atomic E-state index is -1.97. The van der Waals surface area contributed by atoms with Crippen LogP contribution in [0.3, 0.4) is 0 Å². The zero-order valence-electron chi connectivity index (χ0n) is 40.9. The fraction of sp³-hybridized carbons (Fsp3) is 0.800. The van der Waals surface area contributed by atoms with Crippen LogP contribution in [0, 0.1) is 23.7 Å². The number of aliphatic hydroxyl groups excluding tert-OH is 3. The Bertz CT molecular complexity index is 1920. The summed E-state index contributed by atoms with van der Waals surface area (Å²) in [4.78, 5) is 47.5. The van der Waals surface area contributed by atoms with E-state index in [0.717, 1.165) is 37.7 Å². The Labute approximate surface area is 405 Å². The van der Waals surface area contributed by atoms with Gasteiger partial charge in [-0.05, 0) is 88.7 Å². The number of carbonyl (C=O) groups is 4. The number of ether oxygens (including phenoxy) is 7. The van der Waals surface area contributed by atoms with Crippen molar-refractivity contribution in [1.29, 1.82) is 0 Å². The van der Waals surface area contributed by atoms with Gasteiger partial charge in [0.1, 0.15) is 36.6 Å². The van der Waals surface area contributed by atoms with Gasteiger partial charge in [-0.2, -0.15) is 0 Å². The highest BCUT2D eigenvalue weighted by atomic mass is 16.7. The van der Waals surface area contributed by atoms with Gasteiger partial charge in [-0.15, -0.1) is 0 Å². The average molecular weight is 976 g/mol. The second kappa shape index (κ2) is 22.2. The Kier molecular flexibility index (Phi) is 17.2. The summed E-state index contributed by atoms with van der Waals surface area (Å²) >= 11 is 0. The summed E-state index contributed by atoms with van der Waals surface area (Å²) in [5.74, 6) is -6.26. The van der Waals surface area contributed by atoms with Gasteiger partial charge < -0.3 is 74.6 Å². The zero-order chi connectivity index (χ0) is 49.9. The van der Waals surface area contributed by atoms with Crippen molar-refractivity contribution in [3.05, 3.63) is 36.0 Å². The van der Waals surface area contributed by atoms with Crippen LogP contribution >= 0.6 is 0 Å². The topological polar surface area (TPSA) is 270 Å². The Hall–Kier alpha value is -3.34. The summed E-state index contributed by atoms with van der Waals surface area (Å²) in [6.45, 7) is 13.3. The molecule has 6 fully saturated rings. The Morgan fingerprint density at radius 1 is 0.928 bits per heavy atom. The van der Waals surface area contributed by atoms with Crippen molar-refractivity contribution in [2.45, 2.75) is 196 Å². The molecule has 0 aromatic rings. The van der Waals surface area contributed by atoms with Gasteiger partial charge in [0, 0.05) is 43.9 Å². The first kappa shape index (κ1) is 53.5. The molecule has 3 spiro atoms. The molecular weight excluding hydrogens is 899 g/mol. The number of nitrogens with one attached hydrogen (secondary N) is 3. The van der Waals surface area contributed by atoms with E-state index in [1.807, 2.05) is 13.8 Å². The Morgan fingerprint density at radius 2 is 1.65 bits per heavy atom. The summed E-state index contributed by atoms with van der Waals surface area (Å²) in [6, 6.07) is 0. The molecule has 3 amide bonds. The highest BCUT2D eigenvalue weighted by molar-refractivity contribution is 5.91. The second-order valence-electron chi connectivity index (χ2n) is 21.3. The molecule has 19 nitrogen and oxygen atoms in total. The zero-order valence-corrected chi connectivity index (χ0v) is 40.9. The lowest BCUT2D eigenvalue weighted by Gasteiger charge is -2.50. The number of carboxylic acid groups (broad SMARTS) is 1. The standard InChI is InChI=1S/C50H77N3O16/c1-28-19-37(67-50(21-28)38(55)12-11-34(66-50)23-47(6,62)46(61)53-25-40(57)51-24-39(56)52-26-41(58)59)29(2)9-10-33-22-49(64-27-33)17-14-36-45(69-49)42(60)32(5)44(65-36)35(54)20-31(4)43-30(3)13-16-48(68-43)15-7-8-18-63-48/h9-10,21,29-31,33-38,42-45,54-55,60,62H,5,7-8,11-20,22-27H2,1-4,6H3,(H,51,57)(H,52,56)(H,53,61)(H,58,59)/b10-9+/t29-,30-,31+,33+,34+,35+,36-,37+,38-,42-,43+,44+,45-,47-,48+,49+,50-/m1/s1. The molecule has 17 atom stereocenters. The molecule has 19 heteroatoms. The number of rotatable bonds is 16. The van der Waals surface area contributed by atoms with E-state index in [2.05, 4.69) is 48.5 Å². The Morgan fingerprint density at radius 3 is 2.38 bits per heavy atom. The van der Waals surface area contributed by atoms with E-state index in [1.54, 1.807) is 6.08 Å². The van der Waals surface area contributed by atoms with Crippen molar-refractivity contribution in [1.82, 2.24) is 16.0 Å². The highest BCUT2D eigenvalue weighted by Gasteiger charge is 2.55. The number of hydrogen-bond acceptors (Lipinski definition) is 15. The van der Waals surface area contributed by atoms with E-state index in [9.17, 15) is 39.6 Å². The maximum absolute atomic E-state index is 13.0. The molecule has 69 heavy (non-hydrogen) atoms. The molecule has 7 heterocycles. The number of carboxylic acids is 1. The molecule has 7 aliphatic heterocycles. The molecule has 0 saturated carbocycles. The van der Waals surface area contributed by atoms with Crippen molar-refractivity contribution in [3.63, 3.8) is 0 Å². The van der Waals surface area contributed by atoms with E-state index >= 15 is 0 Å². The van der Waals surface area contributed by atoms with E-state index in [-0.39, 0.29) is 42.8 Å². The van der Waals surface area contributed by atoms with Gasteiger partial charge in [-0.3, -0.25) is 19.2 Å². The van der Waals surface area contributed by atoms with Crippen LogP contribution in [0.15, 0.2) is 36.0 Å². The lowest BCUT2D eigenvalue weighted by Crippen LogP contribution is -2.60. The number of aliphatic carboxylic acids is 1. The molecule has 0 aromatic carbocycles. The molecule has 7 aliphatic rings. The molecule has 388 valence electrons. The maximum atomic E-state index is 13.0. The molecule has 0 aromatic heterocycles. The first-order chi connectivity index (χ1) is 32.6. The molecule has 7 rings (SSSR count). The first-order valence-corrected chi connectivity index (χ1v) is 25.1. The molecule has 6 saturated heterocycles. The smallest absolute Gasteiger partial charge is 0.322 e. The van der Waals surface area contributed by atoms with Gasteiger partial charge in [0.15, 0.2) is 11.6 Å². The Balaban J connectivity index is 0.879. The van der Waals surface area contributed by atoms with Crippen LogP contribution in [-0.2, 0) is 52.3 Å². The van der Waals surface area contributed by atoms with Gasteiger partial charge in [0.05, 0.1) is 56.8 Å². The second-order valence-corrected chi connectivity index (χ2v) is 21.3. The monoisotopic (exact) mass is 976 g/mol. The SMILES string of the molecule is C=C1[C@@H](O)[C@@H]2O[C@@]3(CC[C@H]2O[C@@H]1[C@@H](O)C[C@H](C)[C@H]1O[C@@]2(CCCCO2)CC[C@H]1C)C[C@H](/C=C/[C@@H](C)[C@@H]1CC(C)=C[C@@]2(O[C@H](C[C@@](C)(O)C(=O)NCC(=O)NCC(=O)NCC(=O)O)CC[C@H]2O)O1)CO3. The number of aliphatic hydroxyl groups is 4.